The zero-order chi connectivity index (χ0) is 15.6. The van der Waals surface area contributed by atoms with Gasteiger partial charge in [0.05, 0.1) is 0 Å². The first kappa shape index (κ1) is 15.8. The molecular formula is C13H20F3N5. The van der Waals surface area contributed by atoms with Crippen LogP contribution >= 0.6 is 0 Å². The summed E-state index contributed by atoms with van der Waals surface area (Å²) in [7, 11) is 4.04. The first-order chi connectivity index (χ1) is 9.75. The van der Waals surface area contributed by atoms with E-state index in [1.54, 1.807) is 0 Å². The summed E-state index contributed by atoms with van der Waals surface area (Å²) in [6, 6.07) is 1.40. The molecule has 1 fully saturated rings. The van der Waals surface area contributed by atoms with Crippen LogP contribution in [0.4, 0.5) is 24.8 Å². The smallest absolute Gasteiger partial charge is 0.384 e. The number of hydrogen-bond donors (Lipinski definition) is 1. The van der Waals surface area contributed by atoms with Crippen LogP contribution in [0.5, 0.6) is 0 Å². The fourth-order valence-corrected chi connectivity index (χ4v) is 2.60. The average Bonchev–Trinajstić information content (AvgIpc) is 2.37. The number of halogens is 3. The number of alkyl halides is 3. The largest absolute Gasteiger partial charge is 0.451 e. The van der Waals surface area contributed by atoms with Crippen molar-refractivity contribution < 1.29 is 13.2 Å². The first-order valence-corrected chi connectivity index (χ1v) is 6.87. The van der Waals surface area contributed by atoms with Crippen LogP contribution in [0.3, 0.4) is 0 Å². The van der Waals surface area contributed by atoms with Crippen LogP contribution < -0.4 is 10.6 Å². The van der Waals surface area contributed by atoms with Gasteiger partial charge in [-0.05, 0) is 32.9 Å². The highest BCUT2D eigenvalue weighted by molar-refractivity contribution is 5.47. The second-order valence-electron chi connectivity index (χ2n) is 5.67. The Labute approximate surface area is 122 Å². The van der Waals surface area contributed by atoms with Crippen LogP contribution in [0.25, 0.3) is 0 Å². The van der Waals surface area contributed by atoms with Crippen LogP contribution in [0.15, 0.2) is 6.07 Å². The van der Waals surface area contributed by atoms with E-state index in [0.717, 1.165) is 19.4 Å². The summed E-state index contributed by atoms with van der Waals surface area (Å²) in [4.78, 5) is 10.9. The lowest BCUT2D eigenvalue weighted by Crippen LogP contribution is -2.37. The lowest BCUT2D eigenvalue weighted by molar-refractivity contribution is -0.144. The number of anilines is 2. The minimum absolute atomic E-state index is 0.150. The standard InChI is InChI=1S/C13H20F3N5/c1-20(2)8-9-3-5-21(6-4-9)11-7-10(17)18-12(19-11)13(14,15)16/h7,9H,3-6,8H2,1-2H3,(H2,17,18,19). The van der Waals surface area contributed by atoms with Gasteiger partial charge in [0.15, 0.2) is 0 Å². The van der Waals surface area contributed by atoms with Crippen molar-refractivity contribution in [1.29, 1.82) is 0 Å². The highest BCUT2D eigenvalue weighted by Gasteiger charge is 2.36. The highest BCUT2D eigenvalue weighted by Crippen LogP contribution is 2.30. The molecule has 0 unspecified atom stereocenters. The van der Waals surface area contributed by atoms with Gasteiger partial charge in [-0.15, -0.1) is 0 Å². The predicted molar refractivity (Wildman–Crippen MR) is 74.9 cm³/mol. The third kappa shape index (κ3) is 4.20. The molecule has 1 saturated heterocycles. The van der Waals surface area contributed by atoms with E-state index < -0.39 is 12.0 Å². The fourth-order valence-electron chi connectivity index (χ4n) is 2.60. The molecule has 0 radical (unpaired) electrons. The van der Waals surface area contributed by atoms with E-state index in [9.17, 15) is 13.2 Å². The molecule has 0 saturated carbocycles. The Hall–Kier alpha value is -1.57. The summed E-state index contributed by atoms with van der Waals surface area (Å²) in [5, 5.41) is 0. The summed E-state index contributed by atoms with van der Waals surface area (Å²) in [5.41, 5.74) is 5.47. The molecule has 0 amide bonds. The SMILES string of the molecule is CN(C)CC1CCN(c2cc(N)nc(C(F)(F)F)n2)CC1. The zero-order valence-electron chi connectivity index (χ0n) is 12.2. The molecule has 21 heavy (non-hydrogen) atoms. The van der Waals surface area contributed by atoms with Gasteiger partial charge in [-0.2, -0.15) is 13.2 Å². The molecule has 5 nitrogen and oxygen atoms in total. The van der Waals surface area contributed by atoms with E-state index in [4.69, 9.17) is 5.73 Å². The van der Waals surface area contributed by atoms with Gasteiger partial charge in [-0.1, -0.05) is 0 Å². The molecular weight excluding hydrogens is 283 g/mol. The maximum atomic E-state index is 12.7. The van der Waals surface area contributed by atoms with Crippen molar-refractivity contribution in [3.8, 4) is 0 Å². The van der Waals surface area contributed by atoms with E-state index >= 15 is 0 Å². The van der Waals surface area contributed by atoms with Crippen molar-refractivity contribution in [1.82, 2.24) is 14.9 Å². The minimum Gasteiger partial charge on any atom is -0.384 e. The normalized spacial score (nSPS) is 17.5. The van der Waals surface area contributed by atoms with Crippen molar-refractivity contribution in [2.24, 2.45) is 5.92 Å². The number of nitrogens with zero attached hydrogens (tertiary/aromatic N) is 4. The molecule has 1 aromatic heterocycles. The summed E-state index contributed by atoms with van der Waals surface area (Å²) in [5.74, 6) is -0.494. The number of nitrogens with two attached hydrogens (primary N) is 1. The van der Waals surface area contributed by atoms with Gasteiger partial charge >= 0.3 is 6.18 Å². The fraction of sp³-hybridized carbons (Fsp3) is 0.692. The molecule has 1 aliphatic rings. The monoisotopic (exact) mass is 303 g/mol. The Kier molecular flexibility index (Phi) is 4.55. The van der Waals surface area contributed by atoms with Crippen molar-refractivity contribution >= 4 is 11.6 Å². The minimum atomic E-state index is -4.58. The van der Waals surface area contributed by atoms with Gasteiger partial charge in [0, 0.05) is 25.7 Å². The molecule has 8 heteroatoms. The predicted octanol–water partition coefficient (Wildman–Crippen LogP) is 1.86. The van der Waals surface area contributed by atoms with Crippen LogP contribution in [0.2, 0.25) is 0 Å². The Balaban J connectivity index is 2.08. The lowest BCUT2D eigenvalue weighted by atomic mass is 9.96. The van der Waals surface area contributed by atoms with Gasteiger partial charge in [-0.3, -0.25) is 0 Å². The molecule has 2 rings (SSSR count). The van der Waals surface area contributed by atoms with Gasteiger partial charge < -0.3 is 15.5 Å². The van der Waals surface area contributed by atoms with E-state index in [2.05, 4.69) is 14.9 Å². The van der Waals surface area contributed by atoms with Crippen molar-refractivity contribution in [3.63, 3.8) is 0 Å². The Bertz CT molecular complexity index is 481. The van der Waals surface area contributed by atoms with Gasteiger partial charge in [-0.25, -0.2) is 9.97 Å². The molecule has 0 bridgehead atoms. The van der Waals surface area contributed by atoms with Crippen molar-refractivity contribution in [2.45, 2.75) is 19.0 Å². The molecule has 0 aliphatic carbocycles. The molecule has 2 heterocycles. The Morgan fingerprint density at radius 3 is 2.43 bits per heavy atom. The number of nitrogen functional groups attached to an aromatic ring is 1. The second kappa shape index (κ2) is 6.05. The van der Waals surface area contributed by atoms with Gasteiger partial charge in [0.2, 0.25) is 5.82 Å². The average molecular weight is 303 g/mol. The summed E-state index contributed by atoms with van der Waals surface area (Å²) >= 11 is 0. The van der Waals surface area contributed by atoms with E-state index in [1.807, 2.05) is 19.0 Å². The highest BCUT2D eigenvalue weighted by atomic mass is 19.4. The molecule has 1 aromatic rings. The molecule has 0 aromatic carbocycles. The topological polar surface area (TPSA) is 58.3 Å². The molecule has 2 N–H and O–H groups in total. The second-order valence-corrected chi connectivity index (χ2v) is 5.67. The summed E-state index contributed by atoms with van der Waals surface area (Å²) < 4.78 is 38.1. The number of hydrogen-bond acceptors (Lipinski definition) is 5. The Morgan fingerprint density at radius 2 is 1.90 bits per heavy atom. The first-order valence-electron chi connectivity index (χ1n) is 6.87. The van der Waals surface area contributed by atoms with Crippen LogP contribution in [-0.4, -0.2) is 48.6 Å². The quantitative estimate of drug-likeness (QED) is 0.923. The maximum absolute atomic E-state index is 12.7. The zero-order valence-corrected chi connectivity index (χ0v) is 12.2. The van der Waals surface area contributed by atoms with Gasteiger partial charge in [0.25, 0.3) is 0 Å². The lowest BCUT2D eigenvalue weighted by Gasteiger charge is -2.34. The van der Waals surface area contributed by atoms with Crippen LogP contribution in [0, 0.1) is 5.92 Å². The van der Waals surface area contributed by atoms with E-state index in [1.165, 1.54) is 6.07 Å². The van der Waals surface area contributed by atoms with Crippen LogP contribution in [0.1, 0.15) is 18.7 Å². The third-order valence-corrected chi connectivity index (χ3v) is 3.55. The molecule has 118 valence electrons. The number of rotatable bonds is 3. The van der Waals surface area contributed by atoms with E-state index in [0.29, 0.717) is 19.0 Å². The summed E-state index contributed by atoms with van der Waals surface area (Å²) in [6.45, 7) is 2.37. The van der Waals surface area contributed by atoms with Crippen molar-refractivity contribution in [2.75, 3.05) is 44.4 Å². The molecule has 0 atom stereocenters. The third-order valence-electron chi connectivity index (χ3n) is 3.55. The van der Waals surface area contributed by atoms with Gasteiger partial charge in [0.1, 0.15) is 11.6 Å². The Morgan fingerprint density at radius 1 is 1.29 bits per heavy atom. The van der Waals surface area contributed by atoms with E-state index in [-0.39, 0.29) is 11.6 Å². The number of piperidine rings is 1. The molecule has 0 spiro atoms. The maximum Gasteiger partial charge on any atom is 0.451 e. The van der Waals surface area contributed by atoms with Crippen LogP contribution in [-0.2, 0) is 6.18 Å². The van der Waals surface area contributed by atoms with Crippen molar-refractivity contribution in [3.05, 3.63) is 11.9 Å². The summed E-state index contributed by atoms with van der Waals surface area (Å²) in [6.07, 6.45) is -2.71. The molecule has 1 aliphatic heterocycles. The number of aromatic nitrogens is 2.